The Kier molecular flexibility index (Phi) is 4.03. The van der Waals surface area contributed by atoms with Gasteiger partial charge in [0.25, 0.3) is 0 Å². The average molecular weight is 323 g/mol. The minimum absolute atomic E-state index is 0.0959. The normalized spacial score (nSPS) is 25.7. The van der Waals surface area contributed by atoms with Gasteiger partial charge in [0.1, 0.15) is 4.33 Å². The number of amides is 1. The maximum absolute atomic E-state index is 11.9. The first-order chi connectivity index (χ1) is 8.76. The molecule has 3 nitrogen and oxygen atoms in total. The number of halogens is 3. The van der Waals surface area contributed by atoms with Crippen LogP contribution < -0.4 is 5.32 Å². The predicted molar refractivity (Wildman–Crippen MR) is 76.6 cm³/mol. The largest absolute Gasteiger partial charge is 0.387 e. The smallest absolute Gasteiger partial charge is 0.229 e. The van der Waals surface area contributed by atoms with Crippen molar-refractivity contribution in [3.05, 3.63) is 34.9 Å². The van der Waals surface area contributed by atoms with E-state index in [9.17, 15) is 9.90 Å². The van der Waals surface area contributed by atoms with E-state index in [1.807, 2.05) is 0 Å². The molecule has 1 fully saturated rings. The summed E-state index contributed by atoms with van der Waals surface area (Å²) in [6.07, 6.45) is -0.396. The lowest BCUT2D eigenvalue weighted by atomic mass is 10.1. The highest BCUT2D eigenvalue weighted by atomic mass is 35.5. The first kappa shape index (κ1) is 14.9. The molecule has 1 aromatic rings. The van der Waals surface area contributed by atoms with Crippen molar-refractivity contribution in [2.24, 2.45) is 5.41 Å². The summed E-state index contributed by atoms with van der Waals surface area (Å²) in [6, 6.07) is 6.87. The number of benzene rings is 1. The predicted octanol–water partition coefficient (Wildman–Crippen LogP) is 3.07. The van der Waals surface area contributed by atoms with E-state index in [1.54, 1.807) is 31.2 Å². The number of rotatable bonds is 4. The third-order valence-corrected chi connectivity index (χ3v) is 4.78. The van der Waals surface area contributed by atoms with Crippen LogP contribution in [0.25, 0.3) is 0 Å². The Bertz CT molecular complexity index is 506. The number of carbonyl (C=O) groups is 1. The number of alkyl halides is 2. The summed E-state index contributed by atoms with van der Waals surface area (Å²) in [5.74, 6) is -0.251. The topological polar surface area (TPSA) is 49.3 Å². The molecule has 0 aromatic heterocycles. The third kappa shape index (κ3) is 3.00. The molecule has 2 N–H and O–H groups in total. The fourth-order valence-electron chi connectivity index (χ4n) is 1.86. The van der Waals surface area contributed by atoms with E-state index < -0.39 is 15.9 Å². The molecule has 0 aliphatic heterocycles. The fourth-order valence-corrected chi connectivity index (χ4v) is 2.77. The molecule has 1 aliphatic carbocycles. The van der Waals surface area contributed by atoms with Gasteiger partial charge in [0.15, 0.2) is 0 Å². The van der Waals surface area contributed by atoms with Gasteiger partial charge < -0.3 is 10.4 Å². The van der Waals surface area contributed by atoms with Gasteiger partial charge in [-0.1, -0.05) is 23.7 Å². The van der Waals surface area contributed by atoms with E-state index in [1.165, 1.54) is 0 Å². The molecule has 0 heterocycles. The zero-order valence-electron chi connectivity index (χ0n) is 10.3. The van der Waals surface area contributed by atoms with E-state index in [4.69, 9.17) is 34.8 Å². The quantitative estimate of drug-likeness (QED) is 0.837. The Morgan fingerprint density at radius 1 is 1.53 bits per heavy atom. The molecular formula is C13H14Cl3NO2. The van der Waals surface area contributed by atoms with Crippen LogP contribution in [-0.4, -0.2) is 21.9 Å². The first-order valence-electron chi connectivity index (χ1n) is 5.86. The number of aliphatic hydroxyl groups is 1. The Balaban J connectivity index is 1.91. The number of hydrogen-bond donors (Lipinski definition) is 2. The minimum Gasteiger partial charge on any atom is -0.387 e. The molecule has 0 radical (unpaired) electrons. The van der Waals surface area contributed by atoms with E-state index in [0.29, 0.717) is 17.0 Å². The molecule has 0 saturated heterocycles. The van der Waals surface area contributed by atoms with Crippen molar-refractivity contribution < 1.29 is 9.90 Å². The summed E-state index contributed by atoms with van der Waals surface area (Å²) >= 11 is 17.7. The Morgan fingerprint density at radius 3 is 2.68 bits per heavy atom. The van der Waals surface area contributed by atoms with Crippen molar-refractivity contribution in [3.8, 4) is 0 Å². The lowest BCUT2D eigenvalue weighted by molar-refractivity contribution is -0.126. The van der Waals surface area contributed by atoms with Crippen LogP contribution in [0.15, 0.2) is 24.3 Å². The van der Waals surface area contributed by atoms with Gasteiger partial charge >= 0.3 is 0 Å². The van der Waals surface area contributed by atoms with Crippen LogP contribution in [0.4, 0.5) is 0 Å². The zero-order chi connectivity index (χ0) is 14.3. The molecule has 2 rings (SSSR count). The summed E-state index contributed by atoms with van der Waals surface area (Å²) in [6.45, 7) is 1.80. The first-order valence-corrected chi connectivity index (χ1v) is 6.99. The minimum atomic E-state index is -1.00. The molecule has 1 aliphatic rings. The molecule has 0 unspecified atom stereocenters. The molecule has 2 atom stereocenters. The standard InChI is InChI=1S/C13H14Cl3NO2/c1-12(7-13(12,15)16)11(19)17-6-10(18)8-3-2-4-9(14)5-8/h2-5,10,18H,6-7H2,1H3,(H,17,19)/t10-,12-/m1/s1. The SMILES string of the molecule is C[C@]1(C(=O)NC[C@@H](O)c2cccc(Cl)c2)CC1(Cl)Cl. The van der Waals surface area contributed by atoms with Crippen molar-refractivity contribution in [2.75, 3.05) is 6.54 Å². The highest BCUT2D eigenvalue weighted by Gasteiger charge is 2.67. The van der Waals surface area contributed by atoms with E-state index in [-0.39, 0.29) is 12.5 Å². The molecule has 19 heavy (non-hydrogen) atoms. The fraction of sp³-hybridized carbons (Fsp3) is 0.462. The second-order valence-corrected chi connectivity index (χ2v) is 6.91. The maximum atomic E-state index is 11.9. The summed E-state index contributed by atoms with van der Waals surface area (Å²) in [4.78, 5) is 11.9. The summed E-state index contributed by atoms with van der Waals surface area (Å²) in [5, 5.41) is 13.2. The highest BCUT2D eigenvalue weighted by molar-refractivity contribution is 6.53. The third-order valence-electron chi connectivity index (χ3n) is 3.45. The van der Waals surface area contributed by atoms with Gasteiger partial charge in [0.2, 0.25) is 5.91 Å². The Labute approximate surface area is 126 Å². The lowest BCUT2D eigenvalue weighted by Crippen LogP contribution is -2.36. The van der Waals surface area contributed by atoms with Crippen LogP contribution in [0.2, 0.25) is 5.02 Å². The van der Waals surface area contributed by atoms with Gasteiger partial charge in [-0.2, -0.15) is 0 Å². The molecule has 1 amide bonds. The van der Waals surface area contributed by atoms with Crippen LogP contribution in [0, 0.1) is 5.41 Å². The van der Waals surface area contributed by atoms with Gasteiger partial charge in [0.05, 0.1) is 11.5 Å². The van der Waals surface area contributed by atoms with Crippen LogP contribution in [0.1, 0.15) is 25.0 Å². The van der Waals surface area contributed by atoms with E-state index in [2.05, 4.69) is 5.32 Å². The van der Waals surface area contributed by atoms with Crippen LogP contribution >= 0.6 is 34.8 Å². The second kappa shape index (κ2) is 5.13. The number of nitrogens with one attached hydrogen (secondary N) is 1. The van der Waals surface area contributed by atoms with Crippen molar-refractivity contribution >= 4 is 40.7 Å². The highest BCUT2D eigenvalue weighted by Crippen LogP contribution is 2.63. The van der Waals surface area contributed by atoms with Crippen molar-refractivity contribution in [1.82, 2.24) is 5.32 Å². The van der Waals surface area contributed by atoms with Crippen molar-refractivity contribution in [3.63, 3.8) is 0 Å². The summed E-state index contributed by atoms with van der Waals surface area (Å²) < 4.78 is -1.00. The lowest BCUT2D eigenvalue weighted by Gasteiger charge is -2.16. The van der Waals surface area contributed by atoms with Crippen molar-refractivity contribution in [1.29, 1.82) is 0 Å². The second-order valence-electron chi connectivity index (χ2n) is 4.99. The number of hydrogen-bond acceptors (Lipinski definition) is 2. The maximum Gasteiger partial charge on any atom is 0.229 e. The molecule has 0 spiro atoms. The average Bonchev–Trinajstić information content (AvgIpc) is 2.86. The molecular weight excluding hydrogens is 309 g/mol. The molecule has 0 bridgehead atoms. The van der Waals surface area contributed by atoms with Gasteiger partial charge in [-0.05, 0) is 31.0 Å². The molecule has 6 heteroatoms. The van der Waals surface area contributed by atoms with Gasteiger partial charge in [-0.3, -0.25) is 4.79 Å². The van der Waals surface area contributed by atoms with E-state index >= 15 is 0 Å². The van der Waals surface area contributed by atoms with Crippen LogP contribution in [0.5, 0.6) is 0 Å². The Morgan fingerprint density at radius 2 is 2.16 bits per heavy atom. The summed E-state index contributed by atoms with van der Waals surface area (Å²) in [7, 11) is 0. The molecule has 104 valence electrons. The van der Waals surface area contributed by atoms with Crippen LogP contribution in [-0.2, 0) is 4.79 Å². The number of aliphatic hydroxyl groups excluding tert-OH is 1. The zero-order valence-corrected chi connectivity index (χ0v) is 12.6. The van der Waals surface area contributed by atoms with Crippen molar-refractivity contribution in [2.45, 2.75) is 23.8 Å². The summed E-state index contributed by atoms with van der Waals surface area (Å²) in [5.41, 5.74) is -0.124. The van der Waals surface area contributed by atoms with Crippen LogP contribution in [0.3, 0.4) is 0 Å². The Hall–Kier alpha value is -0.480. The van der Waals surface area contributed by atoms with E-state index in [0.717, 1.165) is 0 Å². The van der Waals surface area contributed by atoms with Gasteiger partial charge in [-0.25, -0.2) is 0 Å². The molecule has 1 saturated carbocycles. The monoisotopic (exact) mass is 321 g/mol. The number of carbonyl (C=O) groups excluding carboxylic acids is 1. The van der Waals surface area contributed by atoms with Gasteiger partial charge in [0, 0.05) is 11.6 Å². The van der Waals surface area contributed by atoms with Gasteiger partial charge in [-0.15, -0.1) is 23.2 Å². The molecule has 1 aromatic carbocycles.